The molecule has 3 N–H and O–H groups in total. The summed E-state index contributed by atoms with van der Waals surface area (Å²) in [6.45, 7) is 2.64. The Hall–Kier alpha value is -2.37. The van der Waals surface area contributed by atoms with Gasteiger partial charge in [-0.3, -0.25) is 9.59 Å². The molecule has 0 aromatic heterocycles. The molecule has 114 valence electrons. The van der Waals surface area contributed by atoms with Crippen molar-refractivity contribution in [2.75, 3.05) is 11.9 Å². The molecule has 0 spiro atoms. The number of nitrogens with one attached hydrogen (secondary N) is 2. The number of hydrogen-bond donors (Lipinski definition) is 3. The van der Waals surface area contributed by atoms with Crippen LogP contribution < -0.4 is 10.6 Å². The van der Waals surface area contributed by atoms with Crippen LogP contribution in [0.4, 0.5) is 5.69 Å². The molecule has 2 amide bonds. The monoisotopic (exact) mass is 292 g/mol. The van der Waals surface area contributed by atoms with Crippen LogP contribution in [0.1, 0.15) is 43.0 Å². The molecule has 0 heterocycles. The molecule has 0 atom stereocenters. The minimum absolute atomic E-state index is 0.0198. The van der Waals surface area contributed by atoms with Crippen LogP contribution in [0, 0.1) is 0 Å². The van der Waals surface area contributed by atoms with E-state index in [-0.39, 0.29) is 35.9 Å². The lowest BCUT2D eigenvalue weighted by atomic mass is 10.1. The summed E-state index contributed by atoms with van der Waals surface area (Å²) in [5.74, 6) is -1.66. The van der Waals surface area contributed by atoms with Crippen LogP contribution in [0.3, 0.4) is 0 Å². The number of amides is 2. The predicted molar refractivity (Wildman–Crippen MR) is 79.2 cm³/mol. The number of carboxylic acids is 1. The first-order valence-electron chi connectivity index (χ1n) is 6.93. The number of rotatable bonds is 8. The van der Waals surface area contributed by atoms with E-state index in [1.807, 2.05) is 6.92 Å². The third-order valence-corrected chi connectivity index (χ3v) is 2.86. The minimum atomic E-state index is -1.11. The van der Waals surface area contributed by atoms with Crippen molar-refractivity contribution in [1.82, 2.24) is 5.32 Å². The molecule has 0 fully saturated rings. The van der Waals surface area contributed by atoms with Crippen molar-refractivity contribution in [3.63, 3.8) is 0 Å². The number of anilines is 1. The van der Waals surface area contributed by atoms with Crippen molar-refractivity contribution in [1.29, 1.82) is 0 Å². The second kappa shape index (κ2) is 8.73. The lowest BCUT2D eigenvalue weighted by Crippen LogP contribution is -2.25. The predicted octanol–water partition coefficient (Wildman–Crippen LogP) is 2.02. The van der Waals surface area contributed by atoms with E-state index in [0.717, 1.165) is 12.8 Å². The topological polar surface area (TPSA) is 95.5 Å². The number of carbonyl (C=O) groups excluding carboxylic acids is 2. The normalized spacial score (nSPS) is 9.95. The van der Waals surface area contributed by atoms with Crippen LogP contribution in [-0.2, 0) is 9.59 Å². The highest BCUT2D eigenvalue weighted by Crippen LogP contribution is 2.15. The van der Waals surface area contributed by atoms with Crippen LogP contribution in [-0.4, -0.2) is 29.4 Å². The lowest BCUT2D eigenvalue weighted by Gasteiger charge is -2.08. The summed E-state index contributed by atoms with van der Waals surface area (Å²) >= 11 is 0. The summed E-state index contributed by atoms with van der Waals surface area (Å²) < 4.78 is 0. The van der Waals surface area contributed by atoms with E-state index in [1.54, 1.807) is 12.1 Å². The molecular formula is C15H20N2O4. The van der Waals surface area contributed by atoms with E-state index in [2.05, 4.69) is 10.6 Å². The van der Waals surface area contributed by atoms with Crippen LogP contribution in [0.25, 0.3) is 0 Å². The molecule has 0 saturated carbocycles. The van der Waals surface area contributed by atoms with Gasteiger partial charge in [0.1, 0.15) is 0 Å². The van der Waals surface area contributed by atoms with Gasteiger partial charge >= 0.3 is 5.97 Å². The number of carboxylic acid groups (broad SMARTS) is 1. The fraction of sp³-hybridized carbons (Fsp3) is 0.400. The van der Waals surface area contributed by atoms with Gasteiger partial charge in [0.15, 0.2) is 0 Å². The Morgan fingerprint density at radius 1 is 1.10 bits per heavy atom. The van der Waals surface area contributed by atoms with Crippen LogP contribution >= 0.6 is 0 Å². The van der Waals surface area contributed by atoms with Crippen molar-refractivity contribution in [3.05, 3.63) is 29.8 Å². The van der Waals surface area contributed by atoms with Gasteiger partial charge in [-0.15, -0.1) is 0 Å². The number of hydrogen-bond acceptors (Lipinski definition) is 3. The number of carbonyl (C=O) groups is 3. The quantitative estimate of drug-likeness (QED) is 0.639. The van der Waals surface area contributed by atoms with Gasteiger partial charge in [0.25, 0.3) is 0 Å². The van der Waals surface area contributed by atoms with Gasteiger partial charge in [0.05, 0.1) is 11.3 Å². The summed E-state index contributed by atoms with van der Waals surface area (Å²) in [6, 6.07) is 6.15. The fourth-order valence-electron chi connectivity index (χ4n) is 1.71. The highest BCUT2D eigenvalue weighted by atomic mass is 16.4. The highest BCUT2D eigenvalue weighted by molar-refractivity contribution is 6.01. The first-order chi connectivity index (χ1) is 10.0. The van der Waals surface area contributed by atoms with Gasteiger partial charge in [-0.05, 0) is 18.6 Å². The van der Waals surface area contributed by atoms with Gasteiger partial charge in [-0.25, -0.2) is 4.79 Å². The molecule has 0 aliphatic heterocycles. The molecule has 0 bridgehead atoms. The maximum atomic E-state index is 11.7. The Balaban J connectivity index is 2.44. The minimum Gasteiger partial charge on any atom is -0.478 e. The smallest absolute Gasteiger partial charge is 0.337 e. The molecule has 0 unspecified atom stereocenters. The number of aromatic carboxylic acids is 1. The Labute approximate surface area is 123 Å². The van der Waals surface area contributed by atoms with E-state index in [9.17, 15) is 14.4 Å². The maximum absolute atomic E-state index is 11.7. The third kappa shape index (κ3) is 6.07. The average molecular weight is 292 g/mol. The molecule has 1 rings (SSSR count). The third-order valence-electron chi connectivity index (χ3n) is 2.86. The number of para-hydroxylation sites is 1. The zero-order valence-corrected chi connectivity index (χ0v) is 12.0. The second-order valence-corrected chi connectivity index (χ2v) is 4.60. The standard InChI is InChI=1S/C15H20N2O4/c1-2-3-10-16-13(18)8-9-14(19)17-12-7-5-4-6-11(12)15(20)21/h4-7H,2-3,8-10H2,1H3,(H,16,18)(H,17,19)(H,20,21). The molecule has 1 aromatic carbocycles. The average Bonchev–Trinajstić information content (AvgIpc) is 2.46. The van der Waals surface area contributed by atoms with Gasteiger partial charge in [-0.2, -0.15) is 0 Å². The SMILES string of the molecule is CCCCNC(=O)CCC(=O)Nc1ccccc1C(=O)O. The van der Waals surface area contributed by atoms with Crippen molar-refractivity contribution in [2.45, 2.75) is 32.6 Å². The Kier molecular flexibility index (Phi) is 6.94. The summed E-state index contributed by atoms with van der Waals surface area (Å²) in [6.07, 6.45) is 2.01. The van der Waals surface area contributed by atoms with E-state index >= 15 is 0 Å². The number of unbranched alkanes of at least 4 members (excludes halogenated alkanes) is 1. The van der Waals surface area contributed by atoms with Crippen molar-refractivity contribution >= 4 is 23.5 Å². The van der Waals surface area contributed by atoms with E-state index < -0.39 is 5.97 Å². The summed E-state index contributed by atoms with van der Waals surface area (Å²) in [5, 5.41) is 14.2. The first-order valence-corrected chi connectivity index (χ1v) is 6.93. The van der Waals surface area contributed by atoms with Gasteiger partial charge in [0.2, 0.25) is 11.8 Å². The second-order valence-electron chi connectivity index (χ2n) is 4.60. The van der Waals surface area contributed by atoms with Gasteiger partial charge in [0, 0.05) is 19.4 Å². The van der Waals surface area contributed by atoms with Crippen LogP contribution in [0.5, 0.6) is 0 Å². The molecule has 0 radical (unpaired) electrons. The fourth-order valence-corrected chi connectivity index (χ4v) is 1.71. The molecule has 0 aliphatic carbocycles. The molecular weight excluding hydrogens is 272 g/mol. The Morgan fingerprint density at radius 2 is 1.76 bits per heavy atom. The Bertz CT molecular complexity index is 514. The molecule has 0 saturated heterocycles. The van der Waals surface area contributed by atoms with Crippen LogP contribution in [0.2, 0.25) is 0 Å². The summed E-state index contributed by atoms with van der Waals surface area (Å²) in [4.78, 5) is 34.2. The molecule has 1 aromatic rings. The van der Waals surface area contributed by atoms with Crippen molar-refractivity contribution in [2.24, 2.45) is 0 Å². The summed E-state index contributed by atoms with van der Waals surface area (Å²) in [7, 11) is 0. The van der Waals surface area contributed by atoms with Crippen LogP contribution in [0.15, 0.2) is 24.3 Å². The van der Waals surface area contributed by atoms with Gasteiger partial charge < -0.3 is 15.7 Å². The Morgan fingerprint density at radius 3 is 2.43 bits per heavy atom. The molecule has 21 heavy (non-hydrogen) atoms. The van der Waals surface area contributed by atoms with Crippen molar-refractivity contribution < 1.29 is 19.5 Å². The highest BCUT2D eigenvalue weighted by Gasteiger charge is 2.12. The molecule has 0 aliphatic rings. The van der Waals surface area contributed by atoms with E-state index in [4.69, 9.17) is 5.11 Å². The maximum Gasteiger partial charge on any atom is 0.337 e. The lowest BCUT2D eigenvalue weighted by molar-refractivity contribution is -0.124. The summed E-state index contributed by atoms with van der Waals surface area (Å²) in [5.41, 5.74) is 0.264. The zero-order valence-electron chi connectivity index (χ0n) is 12.0. The first kappa shape index (κ1) is 16.7. The molecule has 6 nitrogen and oxygen atoms in total. The van der Waals surface area contributed by atoms with Gasteiger partial charge in [-0.1, -0.05) is 25.5 Å². The van der Waals surface area contributed by atoms with E-state index in [0.29, 0.717) is 6.54 Å². The van der Waals surface area contributed by atoms with E-state index in [1.165, 1.54) is 12.1 Å². The largest absolute Gasteiger partial charge is 0.478 e. The zero-order chi connectivity index (χ0) is 15.7. The number of benzene rings is 1. The van der Waals surface area contributed by atoms with Crippen molar-refractivity contribution in [3.8, 4) is 0 Å². The molecule has 6 heteroatoms.